The van der Waals surface area contributed by atoms with Gasteiger partial charge in [0.1, 0.15) is 0 Å². The molecule has 0 spiro atoms. The lowest BCUT2D eigenvalue weighted by atomic mass is 9.99. The molecule has 0 atom stereocenters. The molecule has 0 fully saturated rings. The van der Waals surface area contributed by atoms with Crippen LogP contribution in [0.5, 0.6) is 0 Å². The van der Waals surface area contributed by atoms with Gasteiger partial charge in [-0.3, -0.25) is 4.79 Å². The van der Waals surface area contributed by atoms with Crippen LogP contribution >= 0.6 is 0 Å². The van der Waals surface area contributed by atoms with Crippen LogP contribution in [0.2, 0.25) is 0 Å². The van der Waals surface area contributed by atoms with E-state index in [4.69, 9.17) is 0 Å². The van der Waals surface area contributed by atoms with Crippen LogP contribution in [-0.2, 0) is 6.42 Å². The molecule has 2 rings (SSSR count). The number of rotatable bonds is 12. The minimum Gasteiger partial charge on any atom is -0.289 e. The summed E-state index contributed by atoms with van der Waals surface area (Å²) in [6.07, 6.45) is 13.4. The summed E-state index contributed by atoms with van der Waals surface area (Å²) in [6, 6.07) is 17.7. The summed E-state index contributed by atoms with van der Waals surface area (Å²) in [5.74, 6) is 0.107. The molecule has 0 amide bonds. The normalized spacial score (nSPS) is 10.8. The van der Waals surface area contributed by atoms with E-state index in [0.29, 0.717) is 0 Å². The van der Waals surface area contributed by atoms with E-state index >= 15 is 0 Å². The van der Waals surface area contributed by atoms with Crippen molar-refractivity contribution in [3.63, 3.8) is 0 Å². The Morgan fingerprint density at radius 2 is 1.16 bits per heavy atom. The highest BCUT2D eigenvalue weighted by Gasteiger charge is 2.07. The highest BCUT2D eigenvalue weighted by atomic mass is 16.1. The topological polar surface area (TPSA) is 17.1 Å². The summed E-state index contributed by atoms with van der Waals surface area (Å²) < 4.78 is 0. The van der Waals surface area contributed by atoms with Gasteiger partial charge >= 0.3 is 0 Å². The second kappa shape index (κ2) is 11.6. The molecule has 0 saturated carbocycles. The van der Waals surface area contributed by atoms with Gasteiger partial charge in [0.15, 0.2) is 5.78 Å². The van der Waals surface area contributed by atoms with E-state index in [-0.39, 0.29) is 5.78 Å². The van der Waals surface area contributed by atoms with Crippen LogP contribution in [0.4, 0.5) is 0 Å². The Balaban J connectivity index is 1.65. The number of benzene rings is 2. The van der Waals surface area contributed by atoms with Gasteiger partial charge in [0, 0.05) is 11.1 Å². The minimum atomic E-state index is 0.107. The monoisotopic (exact) mass is 336 g/mol. The first kappa shape index (κ1) is 19.4. The standard InChI is InChI=1S/C24H32O/c1-2-3-4-5-6-7-8-9-11-14-21-17-19-23(20-18-21)24(25)22-15-12-10-13-16-22/h10,12-13,15-20H,2-9,11,14H2,1H3. The second-order valence-corrected chi connectivity index (χ2v) is 6.97. The lowest BCUT2D eigenvalue weighted by Gasteiger charge is -2.05. The molecule has 134 valence electrons. The molecule has 0 aliphatic carbocycles. The molecule has 0 aliphatic heterocycles. The average molecular weight is 337 g/mol. The molecule has 1 heteroatoms. The average Bonchev–Trinajstić information content (AvgIpc) is 2.67. The van der Waals surface area contributed by atoms with Crippen LogP contribution in [-0.4, -0.2) is 5.78 Å². The number of carbonyl (C=O) groups is 1. The predicted octanol–water partition coefficient (Wildman–Crippen LogP) is 6.99. The van der Waals surface area contributed by atoms with Crippen molar-refractivity contribution < 1.29 is 4.79 Å². The molecule has 0 saturated heterocycles. The van der Waals surface area contributed by atoms with Gasteiger partial charge in [0.05, 0.1) is 0 Å². The van der Waals surface area contributed by atoms with Crippen molar-refractivity contribution in [1.29, 1.82) is 0 Å². The maximum absolute atomic E-state index is 12.4. The SMILES string of the molecule is CCCCCCCCCCCc1ccc(C(=O)c2ccccc2)cc1. The van der Waals surface area contributed by atoms with Crippen molar-refractivity contribution in [2.45, 2.75) is 71.1 Å². The fraction of sp³-hybridized carbons (Fsp3) is 0.458. The van der Waals surface area contributed by atoms with Crippen LogP contribution < -0.4 is 0 Å². The van der Waals surface area contributed by atoms with E-state index in [2.05, 4.69) is 19.1 Å². The molecular formula is C24H32O. The molecule has 0 N–H and O–H groups in total. The summed E-state index contributed by atoms with van der Waals surface area (Å²) in [7, 11) is 0. The lowest BCUT2D eigenvalue weighted by Crippen LogP contribution is -2.01. The first-order chi connectivity index (χ1) is 12.3. The molecule has 2 aromatic rings. The van der Waals surface area contributed by atoms with Gasteiger partial charge in [-0.1, -0.05) is 113 Å². The smallest absolute Gasteiger partial charge is 0.193 e. The van der Waals surface area contributed by atoms with Crippen molar-refractivity contribution in [2.24, 2.45) is 0 Å². The predicted molar refractivity (Wildman–Crippen MR) is 107 cm³/mol. The third-order valence-corrected chi connectivity index (χ3v) is 4.82. The Morgan fingerprint density at radius 1 is 0.640 bits per heavy atom. The fourth-order valence-corrected chi connectivity index (χ4v) is 3.22. The van der Waals surface area contributed by atoms with Crippen LogP contribution in [0, 0.1) is 0 Å². The van der Waals surface area contributed by atoms with Crippen LogP contribution in [0.15, 0.2) is 54.6 Å². The van der Waals surface area contributed by atoms with E-state index < -0.39 is 0 Å². The quantitative estimate of drug-likeness (QED) is 0.301. The van der Waals surface area contributed by atoms with Gasteiger partial charge < -0.3 is 0 Å². The van der Waals surface area contributed by atoms with Gasteiger partial charge in [-0.15, -0.1) is 0 Å². The zero-order valence-electron chi connectivity index (χ0n) is 15.7. The Morgan fingerprint density at radius 3 is 1.76 bits per heavy atom. The van der Waals surface area contributed by atoms with E-state index in [0.717, 1.165) is 17.5 Å². The van der Waals surface area contributed by atoms with Gasteiger partial charge in [-0.2, -0.15) is 0 Å². The van der Waals surface area contributed by atoms with Crippen LogP contribution in [0.3, 0.4) is 0 Å². The van der Waals surface area contributed by atoms with Crippen molar-refractivity contribution in [3.05, 3.63) is 71.3 Å². The first-order valence-corrected chi connectivity index (χ1v) is 10.00. The molecule has 0 aliphatic rings. The molecule has 0 heterocycles. The van der Waals surface area contributed by atoms with Gasteiger partial charge in [-0.25, -0.2) is 0 Å². The van der Waals surface area contributed by atoms with Crippen LogP contribution in [0.1, 0.15) is 86.2 Å². The second-order valence-electron chi connectivity index (χ2n) is 6.97. The number of aryl methyl sites for hydroxylation is 1. The molecule has 25 heavy (non-hydrogen) atoms. The Labute approximate surface area is 153 Å². The number of carbonyl (C=O) groups excluding carboxylic acids is 1. The number of hydrogen-bond donors (Lipinski definition) is 0. The Kier molecular flexibility index (Phi) is 9.04. The molecule has 0 aromatic heterocycles. The van der Waals surface area contributed by atoms with Gasteiger partial charge in [-0.05, 0) is 18.4 Å². The van der Waals surface area contributed by atoms with Gasteiger partial charge in [0.2, 0.25) is 0 Å². The molecule has 0 bridgehead atoms. The summed E-state index contributed by atoms with van der Waals surface area (Å²) in [6.45, 7) is 2.27. The van der Waals surface area contributed by atoms with E-state index in [9.17, 15) is 4.79 Å². The van der Waals surface area contributed by atoms with E-state index in [1.165, 1.54) is 63.4 Å². The molecule has 0 unspecified atom stereocenters. The van der Waals surface area contributed by atoms with E-state index in [1.54, 1.807) is 0 Å². The molecule has 2 aromatic carbocycles. The number of ketones is 1. The maximum atomic E-state index is 12.4. The summed E-state index contributed by atoms with van der Waals surface area (Å²) in [4.78, 5) is 12.4. The zero-order valence-corrected chi connectivity index (χ0v) is 15.7. The zero-order chi connectivity index (χ0) is 17.7. The van der Waals surface area contributed by atoms with E-state index in [1.807, 2.05) is 42.5 Å². The lowest BCUT2D eigenvalue weighted by molar-refractivity contribution is 0.103. The number of hydrogen-bond acceptors (Lipinski definition) is 1. The maximum Gasteiger partial charge on any atom is 0.193 e. The summed E-state index contributed by atoms with van der Waals surface area (Å²) in [5, 5.41) is 0. The summed E-state index contributed by atoms with van der Waals surface area (Å²) in [5.41, 5.74) is 2.88. The third kappa shape index (κ3) is 7.25. The van der Waals surface area contributed by atoms with Crippen molar-refractivity contribution >= 4 is 5.78 Å². The van der Waals surface area contributed by atoms with Crippen molar-refractivity contribution in [2.75, 3.05) is 0 Å². The molecular weight excluding hydrogens is 304 g/mol. The van der Waals surface area contributed by atoms with Crippen molar-refractivity contribution in [1.82, 2.24) is 0 Å². The molecule has 1 nitrogen and oxygen atoms in total. The van der Waals surface area contributed by atoms with Crippen LogP contribution in [0.25, 0.3) is 0 Å². The Bertz CT molecular complexity index is 598. The highest BCUT2D eigenvalue weighted by molar-refractivity contribution is 6.08. The first-order valence-electron chi connectivity index (χ1n) is 10.00. The van der Waals surface area contributed by atoms with Crippen molar-refractivity contribution in [3.8, 4) is 0 Å². The highest BCUT2D eigenvalue weighted by Crippen LogP contribution is 2.14. The largest absolute Gasteiger partial charge is 0.289 e. The van der Waals surface area contributed by atoms with Gasteiger partial charge in [0.25, 0.3) is 0 Å². The molecule has 0 radical (unpaired) electrons. The fourth-order valence-electron chi connectivity index (χ4n) is 3.22. The minimum absolute atomic E-state index is 0.107. The third-order valence-electron chi connectivity index (χ3n) is 4.82. The Hall–Kier alpha value is -1.89. The number of unbranched alkanes of at least 4 members (excludes halogenated alkanes) is 8. The summed E-state index contributed by atoms with van der Waals surface area (Å²) >= 11 is 0.